The lowest BCUT2D eigenvalue weighted by Gasteiger charge is -2.08. The van der Waals surface area contributed by atoms with Crippen molar-refractivity contribution in [3.05, 3.63) is 116 Å². The smallest absolute Gasteiger partial charge is 0.282 e. The number of sulfone groups is 1. The maximum absolute atomic E-state index is 13.4. The molecule has 0 unspecified atom stereocenters. The van der Waals surface area contributed by atoms with Gasteiger partial charge in [0.05, 0.1) is 19.6 Å². The van der Waals surface area contributed by atoms with Crippen molar-refractivity contribution < 1.29 is 27.9 Å². The molecular weight excluding hydrogens is 528 g/mol. The van der Waals surface area contributed by atoms with Gasteiger partial charge in [-0.3, -0.25) is 29.8 Å². The number of fused-ring (bicyclic) bond motifs is 3. The number of nitro groups is 2. The molecule has 0 fully saturated rings. The first-order valence-electron chi connectivity index (χ1n) is 11.2. The van der Waals surface area contributed by atoms with E-state index in [1.165, 1.54) is 84.9 Å². The van der Waals surface area contributed by atoms with Crippen molar-refractivity contribution in [2.45, 2.75) is 9.79 Å². The molecule has 1 aliphatic heterocycles. The maximum atomic E-state index is 13.4. The predicted molar refractivity (Wildman–Crippen MR) is 139 cm³/mol. The molecule has 2 N–H and O–H groups in total. The van der Waals surface area contributed by atoms with Gasteiger partial charge in [0, 0.05) is 34.6 Å². The van der Waals surface area contributed by atoms with Crippen LogP contribution in [-0.4, -0.2) is 30.1 Å². The van der Waals surface area contributed by atoms with E-state index in [0.717, 1.165) is 0 Å². The fourth-order valence-corrected chi connectivity index (χ4v) is 5.99. The topological polar surface area (TPSA) is 179 Å². The minimum atomic E-state index is -4.07. The van der Waals surface area contributed by atoms with Gasteiger partial charge in [0.2, 0.25) is 9.84 Å². The fourth-order valence-electron chi connectivity index (χ4n) is 4.25. The van der Waals surface area contributed by atoms with Crippen LogP contribution in [0.25, 0.3) is 11.1 Å². The summed E-state index contributed by atoms with van der Waals surface area (Å²) in [5, 5.41) is 27.5. The monoisotopic (exact) mass is 544 g/mol. The normalized spacial score (nSPS) is 12.6. The second-order valence-electron chi connectivity index (χ2n) is 8.38. The number of para-hydroxylation sites is 2. The zero-order chi connectivity index (χ0) is 27.9. The second kappa shape index (κ2) is 9.46. The first-order chi connectivity index (χ1) is 18.6. The van der Waals surface area contributed by atoms with Crippen LogP contribution >= 0.6 is 0 Å². The second-order valence-corrected chi connectivity index (χ2v) is 10.3. The molecule has 4 aromatic carbocycles. The quantitative estimate of drug-likeness (QED) is 0.225. The predicted octanol–water partition coefficient (Wildman–Crippen LogP) is 4.82. The number of rotatable bonds is 6. The number of nitrogens with zero attached hydrogens (tertiary/aromatic N) is 2. The van der Waals surface area contributed by atoms with Gasteiger partial charge in [-0.15, -0.1) is 0 Å². The van der Waals surface area contributed by atoms with Gasteiger partial charge in [-0.05, 0) is 36.4 Å². The Labute approximate surface area is 220 Å². The van der Waals surface area contributed by atoms with Gasteiger partial charge in [-0.25, -0.2) is 8.42 Å². The Hall–Kier alpha value is -5.43. The highest BCUT2D eigenvalue weighted by atomic mass is 32.2. The van der Waals surface area contributed by atoms with Gasteiger partial charge in [-0.1, -0.05) is 36.4 Å². The summed E-state index contributed by atoms with van der Waals surface area (Å²) in [7, 11) is -4.07. The van der Waals surface area contributed by atoms with E-state index in [9.17, 15) is 38.2 Å². The van der Waals surface area contributed by atoms with Gasteiger partial charge in [-0.2, -0.15) is 0 Å². The summed E-state index contributed by atoms with van der Waals surface area (Å²) in [6, 6.07) is 19.2. The number of hydrogen-bond acceptors (Lipinski definition) is 8. The van der Waals surface area contributed by atoms with Crippen molar-refractivity contribution >= 4 is 44.4 Å². The Kier molecular flexibility index (Phi) is 6.12. The van der Waals surface area contributed by atoms with Crippen LogP contribution in [-0.2, 0) is 9.84 Å². The average molecular weight is 545 g/mol. The largest absolute Gasteiger partial charge is 0.322 e. The van der Waals surface area contributed by atoms with E-state index >= 15 is 0 Å². The molecule has 0 aromatic heterocycles. The Bertz CT molecular complexity index is 1710. The molecule has 5 rings (SSSR count). The zero-order valence-corrected chi connectivity index (χ0v) is 20.5. The first kappa shape index (κ1) is 25.2. The van der Waals surface area contributed by atoms with Crippen LogP contribution < -0.4 is 10.6 Å². The number of amides is 2. The first-order valence-corrected chi connectivity index (χ1v) is 12.7. The van der Waals surface area contributed by atoms with Crippen molar-refractivity contribution in [1.82, 2.24) is 0 Å². The van der Waals surface area contributed by atoms with E-state index in [-0.39, 0.29) is 32.3 Å². The van der Waals surface area contributed by atoms with Crippen LogP contribution in [0.4, 0.5) is 22.7 Å². The molecule has 194 valence electrons. The highest BCUT2D eigenvalue weighted by molar-refractivity contribution is 7.92. The van der Waals surface area contributed by atoms with Crippen molar-refractivity contribution in [3.8, 4) is 11.1 Å². The van der Waals surface area contributed by atoms with Crippen molar-refractivity contribution in [2.24, 2.45) is 0 Å². The molecule has 13 heteroatoms. The Morgan fingerprint density at radius 1 is 0.615 bits per heavy atom. The molecule has 39 heavy (non-hydrogen) atoms. The van der Waals surface area contributed by atoms with Gasteiger partial charge < -0.3 is 10.6 Å². The standard InChI is InChI=1S/C26H16N4O8S/c31-25(19-5-1-3-7-21(19)29(33)34)27-15-9-11-17-18-12-10-16(14-24(18)39(37,38)23(17)13-15)28-26(32)20-6-2-4-8-22(20)30(35)36/h1-14H,(H,27,31)(H,28,32). The van der Waals surface area contributed by atoms with E-state index in [2.05, 4.69) is 10.6 Å². The van der Waals surface area contributed by atoms with E-state index in [4.69, 9.17) is 0 Å². The summed E-state index contributed by atoms with van der Waals surface area (Å²) < 4.78 is 26.7. The lowest BCUT2D eigenvalue weighted by Crippen LogP contribution is -2.14. The minimum Gasteiger partial charge on any atom is -0.322 e. The third kappa shape index (κ3) is 4.46. The van der Waals surface area contributed by atoms with Crippen LogP contribution in [0, 0.1) is 20.2 Å². The summed E-state index contributed by atoms with van der Waals surface area (Å²) in [6.45, 7) is 0. The number of carbonyl (C=O) groups excluding carboxylic acids is 2. The third-order valence-corrected chi connectivity index (χ3v) is 7.87. The van der Waals surface area contributed by atoms with Gasteiger partial charge in [0.15, 0.2) is 0 Å². The van der Waals surface area contributed by atoms with Crippen molar-refractivity contribution in [1.29, 1.82) is 0 Å². The van der Waals surface area contributed by atoms with E-state index in [0.29, 0.717) is 11.1 Å². The Balaban J connectivity index is 1.43. The van der Waals surface area contributed by atoms with Crippen LogP contribution in [0.1, 0.15) is 20.7 Å². The molecule has 0 radical (unpaired) electrons. The zero-order valence-electron chi connectivity index (χ0n) is 19.7. The molecule has 0 aliphatic carbocycles. The summed E-state index contributed by atoms with van der Waals surface area (Å²) in [5.41, 5.74) is -0.216. The Morgan fingerprint density at radius 2 is 1.00 bits per heavy atom. The van der Waals surface area contributed by atoms with Crippen LogP contribution in [0.3, 0.4) is 0 Å². The number of nitro benzene ring substituents is 2. The van der Waals surface area contributed by atoms with E-state index < -0.39 is 42.9 Å². The molecule has 0 atom stereocenters. The highest BCUT2D eigenvalue weighted by Gasteiger charge is 2.34. The molecule has 0 bridgehead atoms. The van der Waals surface area contributed by atoms with E-state index in [1.54, 1.807) is 0 Å². The summed E-state index contributed by atoms with van der Waals surface area (Å²) in [4.78, 5) is 46.3. The molecule has 12 nitrogen and oxygen atoms in total. The lowest BCUT2D eigenvalue weighted by molar-refractivity contribution is -0.385. The maximum Gasteiger partial charge on any atom is 0.282 e. The van der Waals surface area contributed by atoms with Gasteiger partial charge in [0.25, 0.3) is 23.2 Å². The SMILES string of the molecule is O=C(Nc1ccc2c(c1)S(=O)(=O)c1cc(NC(=O)c3ccccc3[N+](=O)[O-])ccc1-2)c1ccccc1[N+](=O)[O-]. The number of carbonyl (C=O) groups is 2. The fraction of sp³-hybridized carbons (Fsp3) is 0. The van der Waals surface area contributed by atoms with Crippen LogP contribution in [0.2, 0.25) is 0 Å². The third-order valence-electron chi connectivity index (χ3n) is 6.04. The molecule has 2 amide bonds. The average Bonchev–Trinajstić information content (AvgIpc) is 3.14. The van der Waals surface area contributed by atoms with Crippen LogP contribution in [0.5, 0.6) is 0 Å². The number of hydrogen-bond donors (Lipinski definition) is 2. The molecule has 0 spiro atoms. The number of anilines is 2. The molecule has 4 aromatic rings. The summed E-state index contributed by atoms with van der Waals surface area (Å²) >= 11 is 0. The molecule has 0 saturated carbocycles. The van der Waals surface area contributed by atoms with Crippen molar-refractivity contribution in [3.63, 3.8) is 0 Å². The Morgan fingerprint density at radius 3 is 1.38 bits per heavy atom. The summed E-state index contributed by atoms with van der Waals surface area (Å²) in [5.74, 6) is -1.56. The highest BCUT2D eigenvalue weighted by Crippen LogP contribution is 2.45. The number of benzene rings is 4. The van der Waals surface area contributed by atoms with Crippen LogP contribution in [0.15, 0.2) is 94.7 Å². The molecular formula is C26H16N4O8S. The van der Waals surface area contributed by atoms with Gasteiger partial charge >= 0.3 is 0 Å². The number of nitrogens with one attached hydrogen (secondary N) is 2. The molecule has 1 heterocycles. The lowest BCUT2D eigenvalue weighted by atomic mass is 10.0. The molecule has 1 aliphatic rings. The molecule has 0 saturated heterocycles. The van der Waals surface area contributed by atoms with E-state index in [1.807, 2.05) is 0 Å². The van der Waals surface area contributed by atoms with Gasteiger partial charge in [0.1, 0.15) is 11.1 Å². The summed E-state index contributed by atoms with van der Waals surface area (Å²) in [6.07, 6.45) is 0. The minimum absolute atomic E-state index is 0.0972. The van der Waals surface area contributed by atoms with Crippen molar-refractivity contribution in [2.75, 3.05) is 10.6 Å².